The summed E-state index contributed by atoms with van der Waals surface area (Å²) in [5, 5.41) is 8.61. The Morgan fingerprint density at radius 3 is 2.50 bits per heavy atom. The number of hydrogen-bond acceptors (Lipinski definition) is 4. The second kappa shape index (κ2) is 5.78. The minimum Gasteiger partial charge on any atom is -0.296 e. The van der Waals surface area contributed by atoms with Gasteiger partial charge in [-0.2, -0.15) is 5.26 Å². The van der Waals surface area contributed by atoms with E-state index in [-0.39, 0.29) is 0 Å². The van der Waals surface area contributed by atoms with E-state index in [2.05, 4.69) is 43.9 Å². The van der Waals surface area contributed by atoms with Gasteiger partial charge in [-0.05, 0) is 28.1 Å². The maximum atomic E-state index is 8.61. The van der Waals surface area contributed by atoms with Crippen molar-refractivity contribution in [2.45, 2.75) is 6.54 Å². The van der Waals surface area contributed by atoms with Crippen LogP contribution in [0.1, 0.15) is 4.88 Å². The first-order valence-corrected chi connectivity index (χ1v) is 6.95. The van der Waals surface area contributed by atoms with Crippen molar-refractivity contribution in [2.75, 3.05) is 32.7 Å². The molecule has 1 aromatic rings. The number of thiophene rings is 1. The van der Waals surface area contributed by atoms with Gasteiger partial charge in [0.05, 0.1) is 16.4 Å². The van der Waals surface area contributed by atoms with Crippen molar-refractivity contribution in [3.8, 4) is 6.07 Å². The summed E-state index contributed by atoms with van der Waals surface area (Å²) >= 11 is 5.28. The average molecular weight is 300 g/mol. The molecular weight excluding hydrogens is 286 g/mol. The summed E-state index contributed by atoms with van der Waals surface area (Å²) in [5.74, 6) is 0. The quantitative estimate of drug-likeness (QED) is 0.801. The van der Waals surface area contributed by atoms with E-state index in [1.165, 1.54) is 8.66 Å². The first-order valence-electron chi connectivity index (χ1n) is 5.34. The maximum Gasteiger partial charge on any atom is 0.0866 e. The molecule has 0 N–H and O–H groups in total. The van der Waals surface area contributed by atoms with E-state index < -0.39 is 0 Å². The second-order valence-corrected chi connectivity index (χ2v) is 6.46. The molecule has 2 rings (SSSR count). The fraction of sp³-hybridized carbons (Fsp3) is 0.545. The maximum absolute atomic E-state index is 8.61. The molecule has 1 aliphatic rings. The predicted octanol–water partition coefficient (Wildman–Crippen LogP) is 2.15. The van der Waals surface area contributed by atoms with Gasteiger partial charge in [0.25, 0.3) is 0 Å². The molecule has 1 aromatic heterocycles. The van der Waals surface area contributed by atoms with E-state index in [0.717, 1.165) is 32.7 Å². The number of rotatable bonds is 3. The predicted molar refractivity (Wildman–Crippen MR) is 69.3 cm³/mol. The van der Waals surface area contributed by atoms with Crippen LogP contribution in [0.5, 0.6) is 0 Å². The summed E-state index contributed by atoms with van der Waals surface area (Å²) in [6.07, 6.45) is 0. The fourth-order valence-electron chi connectivity index (χ4n) is 1.86. The number of halogens is 1. The largest absolute Gasteiger partial charge is 0.296 e. The number of nitrogens with zero attached hydrogens (tertiary/aromatic N) is 3. The highest BCUT2D eigenvalue weighted by molar-refractivity contribution is 9.11. The van der Waals surface area contributed by atoms with E-state index in [0.29, 0.717) is 6.54 Å². The van der Waals surface area contributed by atoms with Gasteiger partial charge in [-0.25, -0.2) is 0 Å². The van der Waals surface area contributed by atoms with Crippen LogP contribution < -0.4 is 0 Å². The van der Waals surface area contributed by atoms with Gasteiger partial charge in [0.1, 0.15) is 0 Å². The van der Waals surface area contributed by atoms with Crippen LogP contribution in [-0.4, -0.2) is 42.5 Å². The Morgan fingerprint density at radius 2 is 1.94 bits per heavy atom. The normalized spacial score (nSPS) is 18.5. The Balaban J connectivity index is 1.79. The molecule has 0 aliphatic carbocycles. The highest BCUT2D eigenvalue weighted by Crippen LogP contribution is 2.23. The Bertz CT molecular complexity index is 377. The molecule has 1 aliphatic heterocycles. The van der Waals surface area contributed by atoms with E-state index in [1.54, 1.807) is 11.3 Å². The lowest BCUT2D eigenvalue weighted by atomic mass is 10.3. The standard InChI is InChI=1S/C11H14BrN3S/c12-11-2-1-10(16-11)9-15-7-5-14(4-3-13)6-8-15/h1-2H,4-9H2. The third kappa shape index (κ3) is 3.29. The molecule has 0 saturated carbocycles. The monoisotopic (exact) mass is 299 g/mol. The second-order valence-electron chi connectivity index (χ2n) is 3.92. The van der Waals surface area contributed by atoms with Crippen molar-refractivity contribution in [3.63, 3.8) is 0 Å². The van der Waals surface area contributed by atoms with Gasteiger partial charge in [0.15, 0.2) is 0 Å². The molecule has 2 heterocycles. The molecule has 1 fully saturated rings. The summed E-state index contributed by atoms with van der Waals surface area (Å²) in [4.78, 5) is 6.06. The molecule has 0 spiro atoms. The molecule has 16 heavy (non-hydrogen) atoms. The molecular formula is C11H14BrN3S. The minimum atomic E-state index is 0.568. The van der Waals surface area contributed by atoms with Crippen molar-refractivity contribution in [1.29, 1.82) is 5.26 Å². The van der Waals surface area contributed by atoms with E-state index in [9.17, 15) is 0 Å². The summed E-state index contributed by atoms with van der Waals surface area (Å²) in [5.41, 5.74) is 0. The van der Waals surface area contributed by atoms with Crippen LogP contribution in [0, 0.1) is 11.3 Å². The molecule has 0 aromatic carbocycles. The highest BCUT2D eigenvalue weighted by atomic mass is 79.9. The summed E-state index contributed by atoms with van der Waals surface area (Å²) < 4.78 is 1.20. The van der Waals surface area contributed by atoms with Gasteiger partial charge in [-0.15, -0.1) is 11.3 Å². The fourth-order valence-corrected chi connectivity index (χ4v) is 3.39. The molecule has 5 heteroatoms. The first kappa shape index (κ1) is 12.1. The highest BCUT2D eigenvalue weighted by Gasteiger charge is 2.16. The molecule has 0 unspecified atom stereocenters. The molecule has 1 saturated heterocycles. The molecule has 3 nitrogen and oxygen atoms in total. The zero-order valence-corrected chi connectivity index (χ0v) is 11.4. The summed E-state index contributed by atoms with van der Waals surface area (Å²) in [6.45, 7) is 5.77. The van der Waals surface area contributed by atoms with Gasteiger partial charge in [-0.3, -0.25) is 9.80 Å². The van der Waals surface area contributed by atoms with Crippen molar-refractivity contribution in [2.24, 2.45) is 0 Å². The Labute approximate surface area is 108 Å². The first-order chi connectivity index (χ1) is 7.78. The van der Waals surface area contributed by atoms with Crippen molar-refractivity contribution < 1.29 is 0 Å². The third-order valence-electron chi connectivity index (χ3n) is 2.77. The van der Waals surface area contributed by atoms with Gasteiger partial charge in [0, 0.05) is 37.6 Å². The summed E-state index contributed by atoms with van der Waals surface area (Å²) in [7, 11) is 0. The summed E-state index contributed by atoms with van der Waals surface area (Å²) in [6, 6.07) is 6.49. The van der Waals surface area contributed by atoms with Gasteiger partial charge in [0.2, 0.25) is 0 Å². The van der Waals surface area contributed by atoms with Crippen LogP contribution in [0.25, 0.3) is 0 Å². The van der Waals surface area contributed by atoms with Crippen molar-refractivity contribution >= 4 is 27.3 Å². The minimum absolute atomic E-state index is 0.568. The molecule has 0 atom stereocenters. The Kier molecular flexibility index (Phi) is 4.36. The lowest BCUT2D eigenvalue weighted by Gasteiger charge is -2.32. The SMILES string of the molecule is N#CCN1CCN(Cc2ccc(Br)s2)CC1. The number of nitriles is 1. The van der Waals surface area contributed by atoms with Crippen LogP contribution in [-0.2, 0) is 6.54 Å². The van der Waals surface area contributed by atoms with Crippen LogP contribution in [0.15, 0.2) is 15.9 Å². The molecule has 0 bridgehead atoms. The zero-order chi connectivity index (χ0) is 11.4. The van der Waals surface area contributed by atoms with Crippen LogP contribution in [0.2, 0.25) is 0 Å². The topological polar surface area (TPSA) is 30.3 Å². The van der Waals surface area contributed by atoms with E-state index >= 15 is 0 Å². The molecule has 0 amide bonds. The lowest BCUT2D eigenvalue weighted by Crippen LogP contribution is -2.45. The number of hydrogen-bond donors (Lipinski definition) is 0. The van der Waals surface area contributed by atoms with Crippen LogP contribution >= 0.6 is 27.3 Å². The van der Waals surface area contributed by atoms with Crippen molar-refractivity contribution in [3.05, 3.63) is 20.8 Å². The molecule has 0 radical (unpaired) electrons. The van der Waals surface area contributed by atoms with Gasteiger partial charge >= 0.3 is 0 Å². The smallest absolute Gasteiger partial charge is 0.0866 e. The van der Waals surface area contributed by atoms with E-state index in [1.807, 2.05) is 0 Å². The van der Waals surface area contributed by atoms with Crippen LogP contribution in [0.4, 0.5) is 0 Å². The number of piperazine rings is 1. The third-order valence-corrected chi connectivity index (χ3v) is 4.38. The van der Waals surface area contributed by atoms with Gasteiger partial charge < -0.3 is 0 Å². The zero-order valence-electron chi connectivity index (χ0n) is 9.03. The lowest BCUT2D eigenvalue weighted by molar-refractivity contribution is 0.139. The van der Waals surface area contributed by atoms with E-state index in [4.69, 9.17) is 5.26 Å². The molecule has 86 valence electrons. The average Bonchev–Trinajstić information content (AvgIpc) is 2.67. The van der Waals surface area contributed by atoms with Crippen LogP contribution in [0.3, 0.4) is 0 Å². The van der Waals surface area contributed by atoms with Gasteiger partial charge in [-0.1, -0.05) is 0 Å². The van der Waals surface area contributed by atoms with Crippen molar-refractivity contribution in [1.82, 2.24) is 9.80 Å². The Morgan fingerprint density at radius 1 is 1.25 bits per heavy atom. The Hall–Kier alpha value is -0.410.